The summed E-state index contributed by atoms with van der Waals surface area (Å²) in [4.78, 5) is 16.5. The smallest absolute Gasteiger partial charge is 0.230 e. The molecule has 0 unspecified atom stereocenters. The van der Waals surface area contributed by atoms with E-state index in [1.807, 2.05) is 41.1 Å². The van der Waals surface area contributed by atoms with E-state index in [4.69, 9.17) is 5.11 Å². The first-order valence-corrected chi connectivity index (χ1v) is 8.90. The summed E-state index contributed by atoms with van der Waals surface area (Å²) in [5.41, 5.74) is 3.11. The molecule has 122 valence electrons. The quantitative estimate of drug-likeness (QED) is 0.794. The number of nitrogens with zero attached hydrogens (tertiary/aromatic N) is 2. The minimum atomic E-state index is 0.0304. The van der Waals surface area contributed by atoms with Crippen molar-refractivity contribution in [2.45, 2.75) is 25.1 Å². The van der Waals surface area contributed by atoms with Gasteiger partial charge in [-0.2, -0.15) is 0 Å². The Labute approximate surface area is 139 Å². The maximum atomic E-state index is 11.9. The number of carbonyl (C=O) groups excluding carboxylic acids is 1. The number of pyridine rings is 1. The van der Waals surface area contributed by atoms with Gasteiger partial charge in [0, 0.05) is 36.7 Å². The van der Waals surface area contributed by atoms with E-state index in [9.17, 15) is 4.79 Å². The number of aromatic nitrogens is 2. The van der Waals surface area contributed by atoms with E-state index in [0.29, 0.717) is 11.5 Å². The summed E-state index contributed by atoms with van der Waals surface area (Å²) in [6.07, 6.45) is 8.79. The van der Waals surface area contributed by atoms with Crippen LogP contribution in [0.4, 0.5) is 0 Å². The van der Waals surface area contributed by atoms with E-state index >= 15 is 0 Å². The van der Waals surface area contributed by atoms with E-state index in [-0.39, 0.29) is 24.5 Å². The summed E-state index contributed by atoms with van der Waals surface area (Å²) in [7, 11) is 0. The fraction of sp³-hybridized carbons (Fsp3) is 0.412. The molecule has 0 bridgehead atoms. The molecular weight excluding hydrogens is 310 g/mol. The number of hydrogen-bond donors (Lipinski definition) is 2. The molecule has 0 aromatic carbocycles. The second kappa shape index (κ2) is 7.19. The number of fused-ring (bicyclic) bond motifs is 1. The van der Waals surface area contributed by atoms with E-state index in [1.54, 1.807) is 11.8 Å². The fourth-order valence-corrected chi connectivity index (χ4v) is 3.46. The maximum Gasteiger partial charge on any atom is 0.230 e. The molecule has 2 aromatic heterocycles. The highest BCUT2D eigenvalue weighted by atomic mass is 32.2. The van der Waals surface area contributed by atoms with Gasteiger partial charge in [0.05, 0.1) is 11.4 Å². The zero-order chi connectivity index (χ0) is 16.2. The number of hydrogen-bond acceptors (Lipinski definition) is 4. The second-order valence-corrected chi connectivity index (χ2v) is 6.92. The van der Waals surface area contributed by atoms with Crippen molar-refractivity contribution in [1.29, 1.82) is 0 Å². The van der Waals surface area contributed by atoms with Crippen molar-refractivity contribution in [2.24, 2.45) is 5.92 Å². The molecule has 1 amide bonds. The number of carbonyl (C=O) groups is 1. The van der Waals surface area contributed by atoms with E-state index in [1.165, 1.54) is 5.56 Å². The molecule has 0 spiro atoms. The Morgan fingerprint density at radius 2 is 2.30 bits per heavy atom. The van der Waals surface area contributed by atoms with Crippen molar-refractivity contribution in [3.05, 3.63) is 47.9 Å². The molecular formula is C17H21N3O2S. The first-order chi connectivity index (χ1) is 11.1. The monoisotopic (exact) mass is 331 g/mol. The molecule has 2 N–H and O–H groups in total. The molecule has 0 saturated heterocycles. The van der Waals surface area contributed by atoms with Gasteiger partial charge in [-0.1, -0.05) is 18.2 Å². The Balaban J connectivity index is 1.45. The van der Waals surface area contributed by atoms with Crippen molar-refractivity contribution < 1.29 is 9.90 Å². The zero-order valence-corrected chi connectivity index (χ0v) is 13.9. The third-order valence-corrected chi connectivity index (χ3v) is 4.85. The summed E-state index contributed by atoms with van der Waals surface area (Å²) in [6.45, 7) is 2.20. The number of aryl methyl sites for hydroxylation is 1. The molecule has 0 aliphatic heterocycles. The van der Waals surface area contributed by atoms with Gasteiger partial charge in [0.15, 0.2) is 0 Å². The molecule has 2 heterocycles. The van der Waals surface area contributed by atoms with Gasteiger partial charge < -0.3 is 14.8 Å². The lowest BCUT2D eigenvalue weighted by Crippen LogP contribution is -2.34. The first kappa shape index (κ1) is 16.1. The standard InChI is InChI=1S/C17H21N3O2S/c1-12-2-5-16-18-15(8-20(16)7-12)10-23-11-17(22)19-14-4-3-13(6-14)9-21/h2-5,7-8,13-14,21H,6,9-11H2,1H3,(H,19,22)/t13-,14+/m0/s1. The molecule has 0 fully saturated rings. The van der Waals surface area contributed by atoms with Crippen LogP contribution in [-0.2, 0) is 10.5 Å². The molecule has 2 atom stereocenters. The van der Waals surface area contributed by atoms with Crippen LogP contribution in [0.5, 0.6) is 0 Å². The van der Waals surface area contributed by atoms with Crippen LogP contribution in [0.3, 0.4) is 0 Å². The van der Waals surface area contributed by atoms with Gasteiger partial charge in [-0.05, 0) is 25.0 Å². The molecule has 3 rings (SSSR count). The van der Waals surface area contributed by atoms with Crippen LogP contribution in [0.15, 0.2) is 36.7 Å². The highest BCUT2D eigenvalue weighted by molar-refractivity contribution is 7.99. The van der Waals surface area contributed by atoms with Crippen molar-refractivity contribution in [3.8, 4) is 0 Å². The van der Waals surface area contributed by atoms with Gasteiger partial charge in [0.1, 0.15) is 5.65 Å². The number of thioether (sulfide) groups is 1. The van der Waals surface area contributed by atoms with Crippen LogP contribution in [-0.4, -0.2) is 38.8 Å². The van der Waals surface area contributed by atoms with Gasteiger partial charge >= 0.3 is 0 Å². The molecule has 0 saturated carbocycles. The Morgan fingerprint density at radius 1 is 1.43 bits per heavy atom. The van der Waals surface area contributed by atoms with E-state index in [2.05, 4.69) is 17.2 Å². The predicted molar refractivity (Wildman–Crippen MR) is 92.4 cm³/mol. The van der Waals surface area contributed by atoms with Gasteiger partial charge in [0.2, 0.25) is 5.91 Å². The highest BCUT2D eigenvalue weighted by Gasteiger charge is 2.19. The Morgan fingerprint density at radius 3 is 3.09 bits per heavy atom. The molecule has 23 heavy (non-hydrogen) atoms. The lowest BCUT2D eigenvalue weighted by atomic mass is 10.1. The first-order valence-electron chi connectivity index (χ1n) is 7.74. The van der Waals surface area contributed by atoms with Crippen molar-refractivity contribution in [1.82, 2.24) is 14.7 Å². The summed E-state index contributed by atoms with van der Waals surface area (Å²) < 4.78 is 2.02. The predicted octanol–water partition coefficient (Wildman–Crippen LogP) is 1.93. The maximum absolute atomic E-state index is 11.9. The average molecular weight is 331 g/mol. The largest absolute Gasteiger partial charge is 0.396 e. The lowest BCUT2D eigenvalue weighted by molar-refractivity contribution is -0.119. The SMILES string of the molecule is Cc1ccc2nc(CSCC(=O)N[C@@H]3C=C[C@H](CO)C3)cn2c1. The molecule has 5 nitrogen and oxygen atoms in total. The topological polar surface area (TPSA) is 66.6 Å². The van der Waals surface area contributed by atoms with Gasteiger partial charge in [0.25, 0.3) is 0 Å². The van der Waals surface area contributed by atoms with Crippen molar-refractivity contribution in [2.75, 3.05) is 12.4 Å². The fourth-order valence-electron chi connectivity index (χ4n) is 2.74. The van der Waals surface area contributed by atoms with Gasteiger partial charge in [-0.15, -0.1) is 11.8 Å². The Kier molecular flexibility index (Phi) is 5.03. The van der Waals surface area contributed by atoms with E-state index < -0.39 is 0 Å². The van der Waals surface area contributed by atoms with Gasteiger partial charge in [-0.3, -0.25) is 4.79 Å². The number of nitrogens with one attached hydrogen (secondary N) is 1. The molecule has 6 heteroatoms. The normalized spacial score (nSPS) is 20.3. The third-order valence-electron chi connectivity index (χ3n) is 3.89. The number of aliphatic hydroxyl groups is 1. The Hall–Kier alpha value is -1.79. The summed E-state index contributed by atoms with van der Waals surface area (Å²) in [5, 5.41) is 12.1. The minimum Gasteiger partial charge on any atom is -0.396 e. The zero-order valence-electron chi connectivity index (χ0n) is 13.1. The number of amides is 1. The van der Waals surface area contributed by atoms with Crippen LogP contribution in [0.1, 0.15) is 17.7 Å². The van der Waals surface area contributed by atoms with E-state index in [0.717, 1.165) is 17.8 Å². The summed E-state index contributed by atoms with van der Waals surface area (Å²) in [6, 6.07) is 4.10. The molecule has 1 aliphatic carbocycles. The van der Waals surface area contributed by atoms with Crippen LogP contribution >= 0.6 is 11.8 Å². The lowest BCUT2D eigenvalue weighted by Gasteiger charge is -2.12. The summed E-state index contributed by atoms with van der Waals surface area (Å²) >= 11 is 1.56. The number of imidazole rings is 1. The highest BCUT2D eigenvalue weighted by Crippen LogP contribution is 2.18. The Bertz CT molecular complexity index is 726. The van der Waals surface area contributed by atoms with Crippen LogP contribution < -0.4 is 5.32 Å². The van der Waals surface area contributed by atoms with Crippen molar-refractivity contribution >= 4 is 23.3 Å². The van der Waals surface area contributed by atoms with Crippen LogP contribution in [0, 0.1) is 12.8 Å². The molecule has 0 radical (unpaired) electrons. The van der Waals surface area contributed by atoms with Crippen LogP contribution in [0.2, 0.25) is 0 Å². The minimum absolute atomic E-state index is 0.0304. The average Bonchev–Trinajstić information content (AvgIpc) is 3.13. The number of rotatable bonds is 6. The second-order valence-electron chi connectivity index (χ2n) is 5.93. The number of aliphatic hydroxyl groups excluding tert-OH is 1. The van der Waals surface area contributed by atoms with Crippen molar-refractivity contribution in [3.63, 3.8) is 0 Å². The summed E-state index contributed by atoms with van der Waals surface area (Å²) in [5.74, 6) is 1.34. The molecule has 2 aromatic rings. The molecule has 1 aliphatic rings. The third kappa shape index (κ3) is 4.14. The van der Waals surface area contributed by atoms with Crippen LogP contribution in [0.25, 0.3) is 5.65 Å². The van der Waals surface area contributed by atoms with Gasteiger partial charge in [-0.25, -0.2) is 4.98 Å².